The Kier molecular flexibility index (Phi) is 6.25. The molecule has 3 rings (SSSR count). The summed E-state index contributed by atoms with van der Waals surface area (Å²) in [5.74, 6) is 1.66. The van der Waals surface area contributed by atoms with E-state index in [2.05, 4.69) is 28.4 Å². The highest BCUT2D eigenvalue weighted by atomic mass is 16.5. The average Bonchev–Trinajstić information content (AvgIpc) is 3.14. The predicted molar refractivity (Wildman–Crippen MR) is 94.8 cm³/mol. The summed E-state index contributed by atoms with van der Waals surface area (Å²) < 4.78 is 10.7. The molecule has 0 aliphatic rings. The van der Waals surface area contributed by atoms with Crippen LogP contribution in [-0.4, -0.2) is 35.8 Å². The highest BCUT2D eigenvalue weighted by Crippen LogP contribution is 2.33. The standard InChI is InChI=1S/C18H19N3O2.CO2/c1-11-9-14(10-16(23-4)12(11)2)18-17(19-21-20-18)13-5-7-15(22-3)8-6-13;2-1-3/h5-10H,1-4H3,(H,19,20,21);. The fourth-order valence-electron chi connectivity index (χ4n) is 2.56. The van der Waals surface area contributed by atoms with Crippen molar-refractivity contribution in [2.75, 3.05) is 14.2 Å². The first kappa shape index (κ1) is 18.9. The molecule has 0 saturated carbocycles. The Balaban J connectivity index is 0.000000758. The Labute approximate surface area is 151 Å². The molecule has 3 aromatic rings. The van der Waals surface area contributed by atoms with Gasteiger partial charge in [0.25, 0.3) is 0 Å². The zero-order valence-corrected chi connectivity index (χ0v) is 15.0. The SMILES string of the molecule is COc1ccc(-c2n[nH]nc2-c2cc(C)c(C)c(OC)c2)cc1.O=C=O. The van der Waals surface area contributed by atoms with E-state index < -0.39 is 0 Å². The van der Waals surface area contributed by atoms with Crippen LogP contribution in [0.2, 0.25) is 0 Å². The fraction of sp³-hybridized carbons (Fsp3) is 0.211. The van der Waals surface area contributed by atoms with Gasteiger partial charge in [0.05, 0.1) is 14.2 Å². The minimum absolute atomic E-state index is 0.250. The van der Waals surface area contributed by atoms with Crippen molar-refractivity contribution in [2.45, 2.75) is 13.8 Å². The zero-order chi connectivity index (χ0) is 19.1. The van der Waals surface area contributed by atoms with Crippen LogP contribution in [0.3, 0.4) is 0 Å². The van der Waals surface area contributed by atoms with Crippen molar-refractivity contribution in [1.82, 2.24) is 15.4 Å². The van der Waals surface area contributed by atoms with E-state index in [9.17, 15) is 0 Å². The molecule has 0 radical (unpaired) electrons. The lowest BCUT2D eigenvalue weighted by Crippen LogP contribution is -1.93. The van der Waals surface area contributed by atoms with Crippen LogP contribution in [0.15, 0.2) is 36.4 Å². The topological polar surface area (TPSA) is 94.2 Å². The lowest BCUT2D eigenvalue weighted by Gasteiger charge is -2.10. The maximum atomic E-state index is 8.12. The van der Waals surface area contributed by atoms with Crippen LogP contribution in [0.4, 0.5) is 0 Å². The number of hydrogen-bond donors (Lipinski definition) is 1. The zero-order valence-electron chi connectivity index (χ0n) is 15.0. The Morgan fingerprint density at radius 2 is 1.46 bits per heavy atom. The van der Waals surface area contributed by atoms with Gasteiger partial charge >= 0.3 is 6.15 Å². The van der Waals surface area contributed by atoms with Crippen LogP contribution in [0, 0.1) is 13.8 Å². The Hall–Kier alpha value is -3.44. The molecule has 0 amide bonds. The predicted octanol–water partition coefficient (Wildman–Crippen LogP) is 3.19. The van der Waals surface area contributed by atoms with E-state index in [0.717, 1.165) is 45.1 Å². The van der Waals surface area contributed by atoms with E-state index in [1.165, 1.54) is 0 Å². The molecule has 0 bridgehead atoms. The van der Waals surface area contributed by atoms with Crippen molar-refractivity contribution >= 4 is 6.15 Å². The van der Waals surface area contributed by atoms with Crippen molar-refractivity contribution in [2.24, 2.45) is 0 Å². The normalized spacial score (nSPS) is 9.69. The van der Waals surface area contributed by atoms with E-state index >= 15 is 0 Å². The second-order valence-electron chi connectivity index (χ2n) is 5.45. The molecular weight excluding hydrogens is 334 g/mol. The van der Waals surface area contributed by atoms with E-state index in [1.54, 1.807) is 14.2 Å². The van der Waals surface area contributed by atoms with Gasteiger partial charge in [0.1, 0.15) is 22.9 Å². The van der Waals surface area contributed by atoms with Crippen LogP contribution in [0.25, 0.3) is 22.5 Å². The lowest BCUT2D eigenvalue weighted by molar-refractivity contribution is -0.191. The third kappa shape index (κ3) is 3.96. The van der Waals surface area contributed by atoms with Gasteiger partial charge in [-0.1, -0.05) is 0 Å². The summed E-state index contributed by atoms with van der Waals surface area (Å²) in [6.45, 7) is 4.11. The molecule has 0 aliphatic carbocycles. The van der Waals surface area contributed by atoms with E-state index in [4.69, 9.17) is 19.1 Å². The summed E-state index contributed by atoms with van der Waals surface area (Å²) in [6, 6.07) is 11.9. The number of nitrogens with zero attached hydrogens (tertiary/aromatic N) is 2. The first-order chi connectivity index (χ1) is 12.5. The molecule has 1 N–H and O–H groups in total. The molecule has 7 nitrogen and oxygen atoms in total. The van der Waals surface area contributed by atoms with Crippen LogP contribution in [0.5, 0.6) is 11.5 Å². The third-order valence-corrected chi connectivity index (χ3v) is 4.02. The highest BCUT2D eigenvalue weighted by molar-refractivity contribution is 5.79. The van der Waals surface area contributed by atoms with Gasteiger partial charge in [0.2, 0.25) is 0 Å². The number of aromatic nitrogens is 3. The van der Waals surface area contributed by atoms with Crippen molar-refractivity contribution in [3.63, 3.8) is 0 Å². The lowest BCUT2D eigenvalue weighted by atomic mass is 10.00. The number of methoxy groups -OCH3 is 2. The number of H-pyrrole nitrogens is 1. The first-order valence-electron chi connectivity index (χ1n) is 7.75. The molecule has 26 heavy (non-hydrogen) atoms. The molecule has 1 aromatic heterocycles. The van der Waals surface area contributed by atoms with E-state index in [0.29, 0.717) is 0 Å². The molecule has 0 saturated heterocycles. The molecule has 0 fully saturated rings. The van der Waals surface area contributed by atoms with Gasteiger partial charge in [-0.2, -0.15) is 25.0 Å². The van der Waals surface area contributed by atoms with Crippen molar-refractivity contribution in [3.05, 3.63) is 47.5 Å². The van der Waals surface area contributed by atoms with E-state index in [-0.39, 0.29) is 6.15 Å². The monoisotopic (exact) mass is 353 g/mol. The second kappa shape index (κ2) is 8.60. The van der Waals surface area contributed by atoms with E-state index in [1.807, 2.05) is 37.3 Å². The number of ether oxygens (including phenoxy) is 2. The summed E-state index contributed by atoms with van der Waals surface area (Å²) >= 11 is 0. The van der Waals surface area contributed by atoms with Gasteiger partial charge in [0, 0.05) is 11.1 Å². The van der Waals surface area contributed by atoms with Crippen LogP contribution < -0.4 is 9.47 Å². The molecule has 0 atom stereocenters. The second-order valence-corrected chi connectivity index (χ2v) is 5.45. The summed E-state index contributed by atoms with van der Waals surface area (Å²) in [6.07, 6.45) is 0.250. The van der Waals surface area contributed by atoms with Gasteiger partial charge < -0.3 is 9.47 Å². The van der Waals surface area contributed by atoms with Crippen LogP contribution in [0.1, 0.15) is 11.1 Å². The van der Waals surface area contributed by atoms with Gasteiger partial charge in [-0.3, -0.25) is 0 Å². The number of rotatable bonds is 4. The molecule has 1 heterocycles. The molecule has 2 aromatic carbocycles. The first-order valence-corrected chi connectivity index (χ1v) is 7.75. The molecule has 0 aliphatic heterocycles. The molecular formula is C19H19N3O4. The smallest absolute Gasteiger partial charge is 0.373 e. The van der Waals surface area contributed by atoms with Crippen molar-refractivity contribution in [3.8, 4) is 34.0 Å². The molecule has 7 heteroatoms. The summed E-state index contributed by atoms with van der Waals surface area (Å²) in [5.41, 5.74) is 5.85. The molecule has 0 unspecified atom stereocenters. The minimum Gasteiger partial charge on any atom is -0.497 e. The van der Waals surface area contributed by atoms with Gasteiger partial charge in [-0.25, -0.2) is 0 Å². The van der Waals surface area contributed by atoms with Gasteiger partial charge in [-0.05, 0) is 61.4 Å². The highest BCUT2D eigenvalue weighted by Gasteiger charge is 2.15. The van der Waals surface area contributed by atoms with Crippen LogP contribution >= 0.6 is 0 Å². The minimum atomic E-state index is 0.250. The molecule has 0 spiro atoms. The average molecular weight is 353 g/mol. The quantitative estimate of drug-likeness (QED) is 0.774. The molecule has 134 valence electrons. The fourth-order valence-corrected chi connectivity index (χ4v) is 2.56. The summed E-state index contributed by atoms with van der Waals surface area (Å²) in [5, 5.41) is 11.4. The Bertz CT molecular complexity index is 911. The maximum Gasteiger partial charge on any atom is 0.373 e. The van der Waals surface area contributed by atoms with Gasteiger partial charge in [0.15, 0.2) is 0 Å². The summed E-state index contributed by atoms with van der Waals surface area (Å²) in [7, 11) is 3.33. The van der Waals surface area contributed by atoms with Crippen molar-refractivity contribution < 1.29 is 19.1 Å². The number of carbonyl (C=O) groups excluding carboxylic acids is 2. The van der Waals surface area contributed by atoms with Crippen LogP contribution in [-0.2, 0) is 9.59 Å². The Morgan fingerprint density at radius 1 is 0.885 bits per heavy atom. The summed E-state index contributed by atoms with van der Waals surface area (Å²) in [4.78, 5) is 16.2. The Morgan fingerprint density at radius 3 is 2.00 bits per heavy atom. The number of aromatic amines is 1. The number of aryl methyl sites for hydroxylation is 1. The number of nitrogens with one attached hydrogen (secondary N) is 1. The maximum absolute atomic E-state index is 8.12. The number of benzene rings is 2. The number of hydrogen-bond acceptors (Lipinski definition) is 6. The van der Waals surface area contributed by atoms with Crippen molar-refractivity contribution in [1.29, 1.82) is 0 Å². The third-order valence-electron chi connectivity index (χ3n) is 4.02. The van der Waals surface area contributed by atoms with Gasteiger partial charge in [-0.15, -0.1) is 0 Å². The largest absolute Gasteiger partial charge is 0.497 e.